The number of carbonyl (C=O) groups is 2. The van der Waals surface area contributed by atoms with Gasteiger partial charge in [-0.2, -0.15) is 0 Å². The lowest BCUT2D eigenvalue weighted by Gasteiger charge is -2.29. The number of amides is 1. The Morgan fingerprint density at radius 1 is 1.00 bits per heavy atom. The van der Waals surface area contributed by atoms with Crippen LogP contribution in [0.2, 0.25) is 0 Å². The second-order valence-electron chi connectivity index (χ2n) is 7.13. The first-order valence-electron chi connectivity index (χ1n) is 8.59. The summed E-state index contributed by atoms with van der Waals surface area (Å²) in [7, 11) is 1.74. The van der Waals surface area contributed by atoms with Crippen LogP contribution in [0.4, 0.5) is 0 Å². The number of likely N-dealkylation sites (N-methyl/N-ethyl adjacent to an activating group) is 1. The molecule has 6 heteroatoms. The zero-order chi connectivity index (χ0) is 19.2. The van der Waals surface area contributed by atoms with Gasteiger partial charge >= 0.3 is 0 Å². The van der Waals surface area contributed by atoms with Gasteiger partial charge in [-0.25, -0.2) is 0 Å². The van der Waals surface area contributed by atoms with E-state index in [4.69, 9.17) is 10.5 Å². The van der Waals surface area contributed by atoms with E-state index in [9.17, 15) is 9.59 Å². The van der Waals surface area contributed by atoms with E-state index in [1.54, 1.807) is 48.3 Å². The van der Waals surface area contributed by atoms with Gasteiger partial charge in [-0.05, 0) is 36.2 Å². The molecule has 0 radical (unpaired) electrons. The average molecular weight is 391 g/mol. The Labute approximate surface area is 166 Å². The van der Waals surface area contributed by atoms with Crippen molar-refractivity contribution in [1.82, 2.24) is 4.90 Å². The summed E-state index contributed by atoms with van der Waals surface area (Å²) in [4.78, 5) is 26.2. The molecule has 0 aliphatic carbocycles. The van der Waals surface area contributed by atoms with Crippen LogP contribution in [0.25, 0.3) is 0 Å². The van der Waals surface area contributed by atoms with Gasteiger partial charge in [0.1, 0.15) is 5.75 Å². The summed E-state index contributed by atoms with van der Waals surface area (Å²) in [6.07, 6.45) is 0. The van der Waals surface area contributed by atoms with Crippen LogP contribution in [-0.2, 0) is 4.79 Å². The first kappa shape index (κ1) is 22.7. The topological polar surface area (TPSA) is 72.6 Å². The van der Waals surface area contributed by atoms with E-state index in [-0.39, 0.29) is 36.1 Å². The van der Waals surface area contributed by atoms with E-state index in [0.717, 1.165) is 0 Å². The van der Waals surface area contributed by atoms with Crippen molar-refractivity contribution in [1.29, 1.82) is 0 Å². The molecule has 0 aliphatic heterocycles. The minimum Gasteiger partial charge on any atom is -0.484 e. The molecular formula is C21H27ClN2O3. The van der Waals surface area contributed by atoms with Gasteiger partial charge in [-0.15, -0.1) is 12.4 Å². The van der Waals surface area contributed by atoms with Crippen molar-refractivity contribution < 1.29 is 14.3 Å². The molecule has 146 valence electrons. The normalized spacial score (nSPS) is 10.7. The Morgan fingerprint density at radius 2 is 1.56 bits per heavy atom. The molecule has 2 N–H and O–H groups in total. The van der Waals surface area contributed by atoms with Crippen LogP contribution in [0.15, 0.2) is 54.6 Å². The minimum atomic E-state index is -0.135. The number of nitrogens with two attached hydrogens (primary N) is 1. The van der Waals surface area contributed by atoms with E-state index in [2.05, 4.69) is 0 Å². The van der Waals surface area contributed by atoms with Crippen LogP contribution < -0.4 is 10.5 Å². The predicted octanol–water partition coefficient (Wildman–Crippen LogP) is 3.16. The molecule has 2 rings (SSSR count). The zero-order valence-corrected chi connectivity index (χ0v) is 16.8. The maximum atomic E-state index is 12.4. The molecular weight excluding hydrogens is 364 g/mol. The van der Waals surface area contributed by atoms with E-state index < -0.39 is 0 Å². The Hall–Kier alpha value is -2.37. The molecule has 0 fully saturated rings. The van der Waals surface area contributed by atoms with Crippen molar-refractivity contribution in [3.63, 3.8) is 0 Å². The molecule has 1 amide bonds. The number of benzene rings is 2. The number of halogens is 1. The van der Waals surface area contributed by atoms with Gasteiger partial charge in [0.15, 0.2) is 12.4 Å². The van der Waals surface area contributed by atoms with Gasteiger partial charge in [0, 0.05) is 24.7 Å². The molecule has 0 saturated heterocycles. The van der Waals surface area contributed by atoms with Crippen LogP contribution in [0.5, 0.6) is 5.75 Å². The molecule has 27 heavy (non-hydrogen) atoms. The third-order valence-corrected chi connectivity index (χ3v) is 4.16. The largest absolute Gasteiger partial charge is 0.484 e. The molecule has 0 atom stereocenters. The number of ether oxygens (including phenoxy) is 1. The molecule has 2 aromatic carbocycles. The lowest BCUT2D eigenvalue weighted by atomic mass is 9.93. The van der Waals surface area contributed by atoms with E-state index in [1.807, 2.05) is 32.0 Å². The minimum absolute atomic E-state index is 0. The van der Waals surface area contributed by atoms with Gasteiger partial charge in [-0.3, -0.25) is 9.59 Å². The Bertz CT molecular complexity index is 746. The smallest absolute Gasteiger partial charge is 0.260 e. The first-order chi connectivity index (χ1) is 12.3. The molecule has 2 aromatic rings. The fourth-order valence-electron chi connectivity index (χ4n) is 2.51. The fraction of sp³-hybridized carbons (Fsp3) is 0.333. The van der Waals surface area contributed by atoms with Crippen LogP contribution in [0.1, 0.15) is 29.8 Å². The quantitative estimate of drug-likeness (QED) is 0.702. The fourth-order valence-corrected chi connectivity index (χ4v) is 2.51. The maximum absolute atomic E-state index is 12.4. The number of hydrogen-bond donors (Lipinski definition) is 1. The standard InChI is InChI=1S/C21H26N2O3.ClH/c1-21(2,14-22)15-23(3)19(24)13-26-18-11-9-17(10-12-18)20(25)16-7-5-4-6-8-16;/h4-12H,13-15,22H2,1-3H3;1H. The summed E-state index contributed by atoms with van der Waals surface area (Å²) in [6, 6.07) is 15.9. The summed E-state index contributed by atoms with van der Waals surface area (Å²) >= 11 is 0. The highest BCUT2D eigenvalue weighted by Crippen LogP contribution is 2.17. The third kappa shape index (κ3) is 6.70. The monoisotopic (exact) mass is 390 g/mol. The molecule has 0 unspecified atom stereocenters. The highest BCUT2D eigenvalue weighted by molar-refractivity contribution is 6.08. The summed E-state index contributed by atoms with van der Waals surface area (Å²) in [6.45, 7) is 5.04. The number of nitrogens with zero attached hydrogens (tertiary/aromatic N) is 1. The van der Waals surface area contributed by atoms with Crippen LogP contribution in [-0.4, -0.2) is 43.3 Å². The molecule has 0 heterocycles. The van der Waals surface area contributed by atoms with Crippen LogP contribution in [0, 0.1) is 5.41 Å². The van der Waals surface area contributed by atoms with Crippen molar-refractivity contribution in [3.05, 3.63) is 65.7 Å². The molecule has 5 nitrogen and oxygen atoms in total. The number of carbonyl (C=O) groups excluding carboxylic acids is 2. The van der Waals surface area contributed by atoms with Gasteiger partial charge < -0.3 is 15.4 Å². The zero-order valence-electron chi connectivity index (χ0n) is 16.0. The van der Waals surface area contributed by atoms with Gasteiger partial charge in [0.2, 0.25) is 0 Å². The molecule has 0 spiro atoms. The summed E-state index contributed by atoms with van der Waals surface area (Å²) in [5, 5.41) is 0. The highest BCUT2D eigenvalue weighted by Gasteiger charge is 2.21. The second-order valence-corrected chi connectivity index (χ2v) is 7.13. The van der Waals surface area contributed by atoms with Crippen molar-refractivity contribution >= 4 is 24.1 Å². The number of ketones is 1. The average Bonchev–Trinajstić information content (AvgIpc) is 2.66. The molecule has 0 saturated carbocycles. The molecule has 0 aliphatic rings. The Morgan fingerprint density at radius 3 is 2.11 bits per heavy atom. The summed E-state index contributed by atoms with van der Waals surface area (Å²) in [5.41, 5.74) is 6.79. The Balaban J connectivity index is 0.00000364. The van der Waals surface area contributed by atoms with E-state index in [1.165, 1.54) is 0 Å². The maximum Gasteiger partial charge on any atom is 0.260 e. The number of hydrogen-bond acceptors (Lipinski definition) is 4. The van der Waals surface area contributed by atoms with Crippen molar-refractivity contribution in [3.8, 4) is 5.75 Å². The Kier molecular flexibility index (Phi) is 8.47. The molecule has 0 bridgehead atoms. The summed E-state index contributed by atoms with van der Waals surface area (Å²) in [5.74, 6) is 0.391. The highest BCUT2D eigenvalue weighted by atomic mass is 35.5. The van der Waals surface area contributed by atoms with Crippen LogP contribution in [0.3, 0.4) is 0 Å². The summed E-state index contributed by atoms with van der Waals surface area (Å²) < 4.78 is 5.54. The van der Waals surface area contributed by atoms with E-state index in [0.29, 0.717) is 30.0 Å². The van der Waals surface area contributed by atoms with Crippen molar-refractivity contribution in [2.45, 2.75) is 13.8 Å². The van der Waals surface area contributed by atoms with Gasteiger partial charge in [0.25, 0.3) is 5.91 Å². The lowest BCUT2D eigenvalue weighted by Crippen LogP contribution is -2.41. The van der Waals surface area contributed by atoms with Gasteiger partial charge in [0.05, 0.1) is 0 Å². The lowest BCUT2D eigenvalue weighted by molar-refractivity contribution is -0.133. The van der Waals surface area contributed by atoms with Gasteiger partial charge in [-0.1, -0.05) is 44.2 Å². The number of rotatable bonds is 8. The SMILES string of the molecule is CN(CC(C)(C)CN)C(=O)COc1ccc(C(=O)c2ccccc2)cc1.Cl. The van der Waals surface area contributed by atoms with E-state index >= 15 is 0 Å². The van der Waals surface area contributed by atoms with Crippen molar-refractivity contribution in [2.24, 2.45) is 11.1 Å². The van der Waals surface area contributed by atoms with Crippen LogP contribution >= 0.6 is 12.4 Å². The third-order valence-electron chi connectivity index (χ3n) is 4.16. The van der Waals surface area contributed by atoms with Crippen molar-refractivity contribution in [2.75, 3.05) is 26.7 Å². The first-order valence-corrected chi connectivity index (χ1v) is 8.59. The predicted molar refractivity (Wildman–Crippen MR) is 110 cm³/mol. The molecule has 0 aromatic heterocycles. The second kappa shape index (κ2) is 10.1.